The van der Waals surface area contributed by atoms with Gasteiger partial charge < -0.3 is 10.1 Å². The number of nitrogens with zero attached hydrogens (tertiary/aromatic N) is 1. The normalized spacial score (nSPS) is 13.6. The van der Waals surface area contributed by atoms with Gasteiger partial charge in [-0.3, -0.25) is 19.3 Å². The fourth-order valence-corrected chi connectivity index (χ4v) is 3.38. The molecule has 10 heteroatoms. The van der Waals surface area contributed by atoms with Gasteiger partial charge in [-0.2, -0.15) is 8.78 Å². The second kappa shape index (κ2) is 9.49. The summed E-state index contributed by atoms with van der Waals surface area (Å²) in [5.74, 6) is -4.73. The van der Waals surface area contributed by atoms with Crippen molar-refractivity contribution in [2.45, 2.75) is 23.5 Å². The fraction of sp³-hybridized carbons (Fsp3) is 0.200. The lowest BCUT2D eigenvalue weighted by molar-refractivity contribution is -0.121. The summed E-state index contributed by atoms with van der Waals surface area (Å²) in [6, 6.07) is 11.7. The highest BCUT2D eigenvalue weighted by Crippen LogP contribution is 2.31. The highest BCUT2D eigenvalue weighted by atomic mass is 32.2. The molecule has 1 saturated heterocycles. The van der Waals surface area contributed by atoms with Gasteiger partial charge in [0.15, 0.2) is 6.61 Å². The third-order valence-electron chi connectivity index (χ3n) is 4.12. The van der Waals surface area contributed by atoms with E-state index in [-0.39, 0.29) is 40.8 Å². The summed E-state index contributed by atoms with van der Waals surface area (Å²) < 4.78 is 30.1. The van der Waals surface area contributed by atoms with Crippen molar-refractivity contribution in [1.29, 1.82) is 0 Å². The number of halogens is 2. The van der Waals surface area contributed by atoms with E-state index in [9.17, 15) is 28.0 Å². The summed E-state index contributed by atoms with van der Waals surface area (Å²) in [6.45, 7) is -0.614. The third-order valence-corrected chi connectivity index (χ3v) is 4.91. The summed E-state index contributed by atoms with van der Waals surface area (Å²) in [6.07, 6.45) is 0.299. The number of carbonyl (C=O) groups excluding carboxylic acids is 4. The van der Waals surface area contributed by atoms with Crippen LogP contribution in [0.4, 0.5) is 20.2 Å². The molecular formula is C20H16F2N2O5S. The van der Waals surface area contributed by atoms with Crippen LogP contribution < -0.4 is 10.2 Å². The number of rotatable bonds is 7. The molecule has 0 aliphatic carbocycles. The van der Waals surface area contributed by atoms with Crippen LogP contribution in [0.25, 0.3) is 0 Å². The van der Waals surface area contributed by atoms with E-state index in [1.165, 1.54) is 36.4 Å². The minimum Gasteiger partial charge on any atom is -0.452 e. The van der Waals surface area contributed by atoms with Gasteiger partial charge in [-0.25, -0.2) is 4.79 Å². The molecule has 156 valence electrons. The van der Waals surface area contributed by atoms with Crippen molar-refractivity contribution in [3.63, 3.8) is 0 Å². The predicted octanol–water partition coefficient (Wildman–Crippen LogP) is 3.45. The number of hydrogen-bond donors (Lipinski definition) is 1. The number of para-hydroxylation sites is 1. The Morgan fingerprint density at radius 3 is 2.30 bits per heavy atom. The highest BCUT2D eigenvalue weighted by molar-refractivity contribution is 7.99. The Morgan fingerprint density at radius 1 is 1.03 bits per heavy atom. The molecule has 0 bridgehead atoms. The molecule has 1 aliphatic heterocycles. The van der Waals surface area contributed by atoms with Gasteiger partial charge in [-0.05, 0) is 36.4 Å². The van der Waals surface area contributed by atoms with E-state index in [0.29, 0.717) is 17.4 Å². The SMILES string of the molecule is O=C(COC(=O)c1ccc(N2C(=O)CCC2=O)cc1)Nc1ccccc1SC(F)F. The number of hydrogen-bond acceptors (Lipinski definition) is 6. The number of esters is 1. The maximum absolute atomic E-state index is 12.6. The van der Waals surface area contributed by atoms with Crippen LogP contribution in [0.2, 0.25) is 0 Å². The van der Waals surface area contributed by atoms with E-state index >= 15 is 0 Å². The summed E-state index contributed by atoms with van der Waals surface area (Å²) in [7, 11) is 0. The molecule has 3 amide bonds. The Balaban J connectivity index is 1.56. The molecule has 1 fully saturated rings. The quantitative estimate of drug-likeness (QED) is 0.408. The maximum Gasteiger partial charge on any atom is 0.338 e. The van der Waals surface area contributed by atoms with Gasteiger partial charge in [-0.1, -0.05) is 23.9 Å². The van der Waals surface area contributed by atoms with E-state index in [1.807, 2.05) is 0 Å². The topological polar surface area (TPSA) is 92.8 Å². The molecule has 0 radical (unpaired) electrons. The van der Waals surface area contributed by atoms with E-state index in [2.05, 4.69) is 5.32 Å². The van der Waals surface area contributed by atoms with Crippen molar-refractivity contribution in [3.8, 4) is 0 Å². The van der Waals surface area contributed by atoms with Crippen molar-refractivity contribution in [2.24, 2.45) is 0 Å². The Morgan fingerprint density at radius 2 is 1.67 bits per heavy atom. The second-order valence-electron chi connectivity index (χ2n) is 6.17. The summed E-state index contributed by atoms with van der Waals surface area (Å²) in [4.78, 5) is 48.9. The molecule has 7 nitrogen and oxygen atoms in total. The lowest BCUT2D eigenvalue weighted by Gasteiger charge is -2.14. The van der Waals surface area contributed by atoms with E-state index in [0.717, 1.165) is 4.90 Å². The van der Waals surface area contributed by atoms with Crippen LogP contribution >= 0.6 is 11.8 Å². The van der Waals surface area contributed by atoms with Crippen LogP contribution in [-0.2, 0) is 19.1 Å². The number of amides is 3. The molecule has 1 heterocycles. The maximum atomic E-state index is 12.6. The Labute approximate surface area is 174 Å². The van der Waals surface area contributed by atoms with Crippen molar-refractivity contribution >= 4 is 46.8 Å². The Bertz CT molecular complexity index is 965. The van der Waals surface area contributed by atoms with Gasteiger partial charge in [-0.15, -0.1) is 0 Å². The number of carbonyl (C=O) groups is 4. The molecule has 0 atom stereocenters. The fourth-order valence-electron chi connectivity index (χ4n) is 2.78. The van der Waals surface area contributed by atoms with E-state index in [1.54, 1.807) is 12.1 Å². The molecule has 2 aromatic carbocycles. The average molecular weight is 434 g/mol. The number of nitrogens with one attached hydrogen (secondary N) is 1. The molecule has 0 aromatic heterocycles. The van der Waals surface area contributed by atoms with Crippen molar-refractivity contribution in [2.75, 3.05) is 16.8 Å². The zero-order valence-electron chi connectivity index (χ0n) is 15.5. The molecule has 1 aliphatic rings. The lowest BCUT2D eigenvalue weighted by atomic mass is 10.2. The van der Waals surface area contributed by atoms with Gasteiger partial charge in [0.05, 0.1) is 16.9 Å². The largest absolute Gasteiger partial charge is 0.452 e. The number of thioether (sulfide) groups is 1. The minimum atomic E-state index is -2.64. The van der Waals surface area contributed by atoms with Gasteiger partial charge in [0.25, 0.3) is 11.7 Å². The molecule has 0 saturated carbocycles. The second-order valence-corrected chi connectivity index (χ2v) is 7.20. The number of alkyl halides is 2. The Hall–Kier alpha value is -3.27. The monoisotopic (exact) mass is 434 g/mol. The Kier molecular flexibility index (Phi) is 6.78. The van der Waals surface area contributed by atoms with Crippen molar-refractivity contribution in [3.05, 3.63) is 54.1 Å². The van der Waals surface area contributed by atoms with Crippen LogP contribution in [0.15, 0.2) is 53.4 Å². The first kappa shape index (κ1) is 21.4. The lowest BCUT2D eigenvalue weighted by Crippen LogP contribution is -2.28. The minimum absolute atomic E-state index is 0.124. The number of imide groups is 1. The van der Waals surface area contributed by atoms with Crippen LogP contribution in [-0.4, -0.2) is 36.1 Å². The summed E-state index contributed by atoms with van der Waals surface area (Å²) in [5, 5.41) is 2.43. The third kappa shape index (κ3) is 5.20. The number of ether oxygens (including phenoxy) is 1. The molecule has 0 spiro atoms. The van der Waals surface area contributed by atoms with Gasteiger partial charge in [0.2, 0.25) is 11.8 Å². The molecule has 3 rings (SSSR count). The van der Waals surface area contributed by atoms with Crippen molar-refractivity contribution in [1.82, 2.24) is 0 Å². The van der Waals surface area contributed by atoms with Crippen LogP contribution in [0.3, 0.4) is 0 Å². The standard InChI is InChI=1S/C20H16F2N2O5S/c21-20(22)30-15-4-2-1-3-14(15)23-16(25)11-29-19(28)12-5-7-13(8-6-12)24-17(26)9-10-18(24)27/h1-8,20H,9-11H2,(H,23,25). The van der Waals surface area contributed by atoms with Crippen molar-refractivity contribution < 1.29 is 32.7 Å². The predicted molar refractivity (Wildman–Crippen MR) is 105 cm³/mol. The van der Waals surface area contributed by atoms with Gasteiger partial charge in [0.1, 0.15) is 0 Å². The highest BCUT2D eigenvalue weighted by Gasteiger charge is 2.30. The number of benzene rings is 2. The van der Waals surface area contributed by atoms with E-state index in [4.69, 9.17) is 4.74 Å². The van der Waals surface area contributed by atoms with Gasteiger partial charge in [0, 0.05) is 17.7 Å². The first-order valence-electron chi connectivity index (χ1n) is 8.82. The smallest absolute Gasteiger partial charge is 0.338 e. The molecular weight excluding hydrogens is 418 g/mol. The zero-order chi connectivity index (χ0) is 21.7. The molecule has 0 unspecified atom stereocenters. The van der Waals surface area contributed by atoms with Crippen LogP contribution in [0.5, 0.6) is 0 Å². The molecule has 30 heavy (non-hydrogen) atoms. The van der Waals surface area contributed by atoms with E-state index < -0.39 is 24.2 Å². The van der Waals surface area contributed by atoms with Gasteiger partial charge >= 0.3 is 5.97 Å². The molecule has 2 aromatic rings. The first-order chi connectivity index (χ1) is 14.3. The summed E-state index contributed by atoms with van der Waals surface area (Å²) in [5.41, 5.74) is 0.664. The first-order valence-corrected chi connectivity index (χ1v) is 9.70. The number of anilines is 2. The van der Waals surface area contributed by atoms with Crippen LogP contribution in [0.1, 0.15) is 23.2 Å². The summed E-state index contributed by atoms with van der Waals surface area (Å²) >= 11 is 0.293. The average Bonchev–Trinajstić information content (AvgIpc) is 3.05. The zero-order valence-corrected chi connectivity index (χ0v) is 16.3. The van der Waals surface area contributed by atoms with Crippen LogP contribution in [0, 0.1) is 0 Å². The molecule has 1 N–H and O–H groups in total.